The van der Waals surface area contributed by atoms with Crippen LogP contribution in [0.5, 0.6) is 0 Å². The number of amides is 1. The third-order valence-electron chi connectivity index (χ3n) is 4.42. The zero-order chi connectivity index (χ0) is 16.4. The molecule has 0 aliphatic carbocycles. The molecule has 0 spiro atoms. The summed E-state index contributed by atoms with van der Waals surface area (Å²) in [5.74, 6) is 0.902. The van der Waals surface area contributed by atoms with E-state index >= 15 is 0 Å². The predicted octanol–water partition coefficient (Wildman–Crippen LogP) is 3.54. The Balaban J connectivity index is 2.00. The van der Waals surface area contributed by atoms with Gasteiger partial charge in [-0.15, -0.1) is 0 Å². The van der Waals surface area contributed by atoms with Crippen LogP contribution in [-0.4, -0.2) is 31.0 Å². The van der Waals surface area contributed by atoms with Crippen LogP contribution < -0.4 is 9.80 Å². The van der Waals surface area contributed by atoms with Crippen LogP contribution in [0, 0.1) is 0 Å². The van der Waals surface area contributed by atoms with Gasteiger partial charge in [-0.05, 0) is 49.1 Å². The van der Waals surface area contributed by atoms with Crippen LogP contribution >= 0.6 is 0 Å². The van der Waals surface area contributed by atoms with Gasteiger partial charge in [0, 0.05) is 37.4 Å². The monoisotopic (exact) mass is 307 g/mol. The van der Waals surface area contributed by atoms with Crippen LogP contribution in [0.15, 0.2) is 54.8 Å². The summed E-state index contributed by atoms with van der Waals surface area (Å²) >= 11 is 0. The highest BCUT2D eigenvalue weighted by atomic mass is 16.2. The summed E-state index contributed by atoms with van der Waals surface area (Å²) in [6, 6.07) is 8.02. The van der Waals surface area contributed by atoms with Gasteiger partial charge < -0.3 is 9.80 Å². The molecule has 1 amide bonds. The van der Waals surface area contributed by atoms with Gasteiger partial charge in [-0.1, -0.05) is 18.2 Å². The van der Waals surface area contributed by atoms with E-state index in [1.165, 1.54) is 11.6 Å². The van der Waals surface area contributed by atoms with Gasteiger partial charge >= 0.3 is 0 Å². The van der Waals surface area contributed by atoms with Crippen LogP contribution in [0.1, 0.15) is 13.3 Å². The van der Waals surface area contributed by atoms with Gasteiger partial charge in [-0.25, -0.2) is 4.98 Å². The van der Waals surface area contributed by atoms with E-state index in [1.54, 1.807) is 11.9 Å². The molecule has 1 aliphatic heterocycles. The number of allylic oxidation sites excluding steroid dienone is 1. The maximum Gasteiger partial charge on any atom is 0.250 e. The molecule has 118 valence electrons. The average Bonchev–Trinajstić information content (AvgIpc) is 3.08. The third kappa shape index (κ3) is 2.84. The Hall–Kier alpha value is -2.62. The number of likely N-dealkylation sites (N-methyl/N-ethyl adjacent to an activating group) is 1. The molecule has 0 unspecified atom stereocenters. The summed E-state index contributed by atoms with van der Waals surface area (Å²) in [5, 5.41) is 2.21. The lowest BCUT2D eigenvalue weighted by atomic mass is 10.1. The number of pyridine rings is 1. The van der Waals surface area contributed by atoms with Gasteiger partial charge in [0.25, 0.3) is 0 Å². The van der Waals surface area contributed by atoms with Gasteiger partial charge in [-0.2, -0.15) is 0 Å². The normalized spacial score (nSPS) is 16.1. The fraction of sp³-hybridized carbons (Fsp3) is 0.263. The molecule has 1 saturated heterocycles. The zero-order valence-corrected chi connectivity index (χ0v) is 13.6. The van der Waals surface area contributed by atoms with E-state index in [0.29, 0.717) is 0 Å². The molecule has 4 heteroatoms. The predicted molar refractivity (Wildman–Crippen MR) is 95.9 cm³/mol. The lowest BCUT2D eigenvalue weighted by molar-refractivity contribution is -0.113. The van der Waals surface area contributed by atoms with Crippen molar-refractivity contribution in [2.24, 2.45) is 0 Å². The summed E-state index contributed by atoms with van der Waals surface area (Å²) in [7, 11) is 1.76. The summed E-state index contributed by atoms with van der Waals surface area (Å²) in [5.41, 5.74) is 2.31. The van der Waals surface area contributed by atoms with Gasteiger partial charge in [0.05, 0.1) is 0 Å². The Morgan fingerprint density at radius 3 is 2.91 bits per heavy atom. The Morgan fingerprint density at radius 1 is 1.39 bits per heavy atom. The van der Waals surface area contributed by atoms with Crippen LogP contribution in [0.4, 0.5) is 11.5 Å². The second-order valence-corrected chi connectivity index (χ2v) is 5.76. The summed E-state index contributed by atoms with van der Waals surface area (Å²) in [4.78, 5) is 20.3. The topological polar surface area (TPSA) is 36.4 Å². The maximum atomic E-state index is 11.8. The smallest absolute Gasteiger partial charge is 0.250 e. The molecule has 2 aromatic rings. The molecule has 0 bridgehead atoms. The van der Waals surface area contributed by atoms with E-state index in [1.807, 2.05) is 30.5 Å². The lowest BCUT2D eigenvalue weighted by Gasteiger charge is -2.20. The fourth-order valence-electron chi connectivity index (χ4n) is 2.97. The van der Waals surface area contributed by atoms with Crippen molar-refractivity contribution >= 4 is 28.2 Å². The molecule has 2 heterocycles. The minimum atomic E-state index is -0.115. The second-order valence-electron chi connectivity index (χ2n) is 5.76. The number of hydrogen-bond donors (Lipinski definition) is 0. The van der Waals surface area contributed by atoms with E-state index < -0.39 is 0 Å². The molecule has 0 atom stereocenters. The Bertz CT molecular complexity index is 794. The molecule has 3 rings (SSSR count). The first-order chi connectivity index (χ1) is 11.1. The number of carbonyl (C=O) groups excluding carboxylic acids is 1. The summed E-state index contributed by atoms with van der Waals surface area (Å²) in [6.45, 7) is 7.58. The minimum absolute atomic E-state index is 0.115. The highest BCUT2D eigenvalue weighted by molar-refractivity contribution is 6.03. The molecule has 0 radical (unpaired) electrons. The second kappa shape index (κ2) is 6.24. The van der Waals surface area contributed by atoms with E-state index in [2.05, 4.69) is 29.5 Å². The molecular formula is C19H21N3O. The van der Waals surface area contributed by atoms with Crippen molar-refractivity contribution in [2.75, 3.05) is 29.9 Å². The van der Waals surface area contributed by atoms with Crippen molar-refractivity contribution in [3.63, 3.8) is 0 Å². The van der Waals surface area contributed by atoms with Crippen molar-refractivity contribution < 1.29 is 4.79 Å². The van der Waals surface area contributed by atoms with E-state index in [4.69, 9.17) is 0 Å². The third-order valence-corrected chi connectivity index (χ3v) is 4.42. The van der Waals surface area contributed by atoms with Crippen LogP contribution in [0.25, 0.3) is 10.8 Å². The minimum Gasteiger partial charge on any atom is -0.352 e. The highest BCUT2D eigenvalue weighted by Crippen LogP contribution is 2.31. The SMILES string of the molecule is C=CC(=O)N(C)c1ccc2c(N3CC/C(=C/C)C3)nccc2c1. The van der Waals surface area contributed by atoms with Gasteiger partial charge in [0.1, 0.15) is 5.82 Å². The molecule has 1 fully saturated rings. The van der Waals surface area contributed by atoms with E-state index in [0.717, 1.165) is 41.8 Å². The molecule has 4 nitrogen and oxygen atoms in total. The summed E-state index contributed by atoms with van der Waals surface area (Å²) < 4.78 is 0. The van der Waals surface area contributed by atoms with Crippen molar-refractivity contribution in [3.8, 4) is 0 Å². The molecule has 23 heavy (non-hydrogen) atoms. The number of fused-ring (bicyclic) bond motifs is 1. The first kappa shape index (κ1) is 15.3. The number of rotatable bonds is 3. The number of benzene rings is 1. The first-order valence-electron chi connectivity index (χ1n) is 7.82. The van der Waals surface area contributed by atoms with Crippen LogP contribution in [0.2, 0.25) is 0 Å². The molecular weight excluding hydrogens is 286 g/mol. The van der Waals surface area contributed by atoms with Crippen LogP contribution in [0.3, 0.4) is 0 Å². The number of nitrogens with zero attached hydrogens (tertiary/aromatic N) is 3. The van der Waals surface area contributed by atoms with E-state index in [-0.39, 0.29) is 5.91 Å². The van der Waals surface area contributed by atoms with Crippen molar-refractivity contribution in [1.29, 1.82) is 0 Å². The Kier molecular flexibility index (Phi) is 4.15. The maximum absolute atomic E-state index is 11.8. The van der Waals surface area contributed by atoms with Crippen molar-refractivity contribution in [3.05, 3.63) is 54.8 Å². The number of hydrogen-bond acceptors (Lipinski definition) is 3. The average molecular weight is 307 g/mol. The van der Waals surface area contributed by atoms with Crippen molar-refractivity contribution in [2.45, 2.75) is 13.3 Å². The molecule has 1 aromatic heterocycles. The quantitative estimate of drug-likeness (QED) is 0.643. The van der Waals surface area contributed by atoms with Crippen LogP contribution in [-0.2, 0) is 4.79 Å². The van der Waals surface area contributed by atoms with Gasteiger partial charge in [0.2, 0.25) is 5.91 Å². The van der Waals surface area contributed by atoms with Gasteiger partial charge in [-0.3, -0.25) is 4.79 Å². The largest absolute Gasteiger partial charge is 0.352 e. The molecule has 1 aromatic carbocycles. The van der Waals surface area contributed by atoms with Crippen molar-refractivity contribution in [1.82, 2.24) is 4.98 Å². The fourth-order valence-corrected chi connectivity index (χ4v) is 2.97. The molecule has 0 N–H and O–H groups in total. The first-order valence-corrected chi connectivity index (χ1v) is 7.82. The lowest BCUT2D eigenvalue weighted by Crippen LogP contribution is -2.23. The Morgan fingerprint density at radius 2 is 2.22 bits per heavy atom. The molecule has 0 saturated carbocycles. The number of carbonyl (C=O) groups is 1. The standard InChI is InChI=1S/C19H21N3O/c1-4-14-9-11-22(13-14)19-17-7-6-16(21(3)18(23)5-2)12-15(17)8-10-20-19/h4-8,10,12H,2,9,11,13H2,1,3H3/b14-4-. The summed E-state index contributed by atoms with van der Waals surface area (Å²) in [6.07, 6.45) is 6.46. The van der Waals surface area contributed by atoms with Gasteiger partial charge in [0.15, 0.2) is 0 Å². The van der Waals surface area contributed by atoms with E-state index in [9.17, 15) is 4.79 Å². The Labute approximate surface area is 136 Å². The zero-order valence-electron chi connectivity index (χ0n) is 13.6. The number of aromatic nitrogens is 1. The number of anilines is 2. The highest BCUT2D eigenvalue weighted by Gasteiger charge is 2.19. The molecule has 1 aliphatic rings.